The molecule has 0 aliphatic rings. The number of rotatable bonds is 7. The van der Waals surface area contributed by atoms with Crippen molar-refractivity contribution >= 4 is 0 Å². The summed E-state index contributed by atoms with van der Waals surface area (Å²) in [6.07, 6.45) is -0.484. The van der Waals surface area contributed by atoms with Gasteiger partial charge in [-0.25, -0.2) is 0 Å². The molecule has 0 radical (unpaired) electrons. The lowest BCUT2D eigenvalue weighted by Crippen LogP contribution is -2.35. The summed E-state index contributed by atoms with van der Waals surface area (Å²) in [5.41, 5.74) is 8.02. The smallest absolute Gasteiger partial charge is 0.0789 e. The van der Waals surface area contributed by atoms with Crippen molar-refractivity contribution in [3.63, 3.8) is 0 Å². The first kappa shape index (κ1) is 14.7. The van der Waals surface area contributed by atoms with E-state index in [1.54, 1.807) is 0 Å². The summed E-state index contributed by atoms with van der Waals surface area (Å²) in [5, 5.41) is 9.82. The Morgan fingerprint density at radius 1 is 0.850 bits per heavy atom. The van der Waals surface area contributed by atoms with Gasteiger partial charge in [0.1, 0.15) is 0 Å². The largest absolute Gasteiger partial charge is 0.390 e. The minimum atomic E-state index is -0.484. The van der Waals surface area contributed by atoms with Gasteiger partial charge in [0.15, 0.2) is 0 Å². The SMILES string of the molecule is NC[C@H](O)CN(Cc1ccccc1)Cc1ccccc1. The third-order valence-corrected chi connectivity index (χ3v) is 3.24. The van der Waals surface area contributed by atoms with Crippen LogP contribution in [0, 0.1) is 0 Å². The van der Waals surface area contributed by atoms with Gasteiger partial charge in [0.05, 0.1) is 6.10 Å². The summed E-state index contributed by atoms with van der Waals surface area (Å²) in [6, 6.07) is 20.6. The van der Waals surface area contributed by atoms with Gasteiger partial charge in [0.25, 0.3) is 0 Å². The Balaban J connectivity index is 2.04. The monoisotopic (exact) mass is 270 g/mol. The molecule has 2 aromatic carbocycles. The molecule has 2 rings (SSSR count). The van der Waals surface area contributed by atoms with Gasteiger partial charge in [-0.05, 0) is 11.1 Å². The Hall–Kier alpha value is -1.68. The molecule has 0 aliphatic heterocycles. The van der Waals surface area contributed by atoms with E-state index in [2.05, 4.69) is 29.2 Å². The van der Waals surface area contributed by atoms with Crippen molar-refractivity contribution in [2.24, 2.45) is 5.73 Å². The minimum Gasteiger partial charge on any atom is -0.390 e. The van der Waals surface area contributed by atoms with Crippen molar-refractivity contribution in [1.29, 1.82) is 0 Å². The highest BCUT2D eigenvalue weighted by atomic mass is 16.3. The van der Waals surface area contributed by atoms with E-state index in [4.69, 9.17) is 5.73 Å². The summed E-state index contributed by atoms with van der Waals surface area (Å²) in [7, 11) is 0. The molecule has 20 heavy (non-hydrogen) atoms. The molecule has 0 unspecified atom stereocenters. The Kier molecular flexibility index (Phi) is 5.74. The number of aliphatic hydroxyl groups is 1. The molecule has 3 heteroatoms. The van der Waals surface area contributed by atoms with E-state index in [-0.39, 0.29) is 0 Å². The molecule has 2 aromatic rings. The van der Waals surface area contributed by atoms with Crippen LogP contribution in [0.5, 0.6) is 0 Å². The van der Waals surface area contributed by atoms with E-state index < -0.39 is 6.10 Å². The molecule has 0 bridgehead atoms. The zero-order valence-corrected chi connectivity index (χ0v) is 11.7. The average Bonchev–Trinajstić information content (AvgIpc) is 2.49. The molecule has 0 aliphatic carbocycles. The van der Waals surface area contributed by atoms with E-state index >= 15 is 0 Å². The summed E-state index contributed by atoms with van der Waals surface area (Å²) in [6.45, 7) is 2.50. The van der Waals surface area contributed by atoms with Crippen LogP contribution >= 0.6 is 0 Å². The fourth-order valence-corrected chi connectivity index (χ4v) is 2.24. The average molecular weight is 270 g/mol. The summed E-state index contributed by atoms with van der Waals surface area (Å²) >= 11 is 0. The van der Waals surface area contributed by atoms with Crippen molar-refractivity contribution in [2.75, 3.05) is 13.1 Å². The van der Waals surface area contributed by atoms with Gasteiger partial charge >= 0.3 is 0 Å². The van der Waals surface area contributed by atoms with E-state index in [1.165, 1.54) is 11.1 Å². The third kappa shape index (κ3) is 4.78. The highest BCUT2D eigenvalue weighted by Crippen LogP contribution is 2.10. The van der Waals surface area contributed by atoms with Gasteiger partial charge in [0, 0.05) is 26.2 Å². The van der Waals surface area contributed by atoms with Crippen LogP contribution in [0.3, 0.4) is 0 Å². The van der Waals surface area contributed by atoms with Gasteiger partial charge in [-0.15, -0.1) is 0 Å². The zero-order chi connectivity index (χ0) is 14.2. The van der Waals surface area contributed by atoms with Crippen LogP contribution in [0.25, 0.3) is 0 Å². The van der Waals surface area contributed by atoms with E-state index in [0.29, 0.717) is 13.1 Å². The van der Waals surface area contributed by atoms with E-state index in [9.17, 15) is 5.11 Å². The number of aliphatic hydroxyl groups excluding tert-OH is 1. The lowest BCUT2D eigenvalue weighted by Gasteiger charge is -2.24. The maximum absolute atomic E-state index is 9.82. The van der Waals surface area contributed by atoms with Crippen LogP contribution in [-0.2, 0) is 13.1 Å². The fourth-order valence-electron chi connectivity index (χ4n) is 2.24. The number of nitrogens with two attached hydrogens (primary N) is 1. The predicted octanol–water partition coefficient (Wildman–Crippen LogP) is 2.01. The van der Waals surface area contributed by atoms with Crippen LogP contribution in [0.2, 0.25) is 0 Å². The van der Waals surface area contributed by atoms with Crippen molar-refractivity contribution in [3.8, 4) is 0 Å². The van der Waals surface area contributed by atoms with E-state index in [1.807, 2.05) is 36.4 Å². The van der Waals surface area contributed by atoms with Crippen LogP contribution in [0.1, 0.15) is 11.1 Å². The summed E-state index contributed by atoms with van der Waals surface area (Å²) in [4.78, 5) is 2.22. The first-order valence-electron chi connectivity index (χ1n) is 6.96. The Bertz CT molecular complexity index is 445. The van der Waals surface area contributed by atoms with Crippen molar-refractivity contribution < 1.29 is 5.11 Å². The standard InChI is InChI=1S/C17H22N2O/c18-11-17(20)14-19(12-15-7-3-1-4-8-15)13-16-9-5-2-6-10-16/h1-10,17,20H,11-14,18H2/t17-/m0/s1. The second-order valence-corrected chi connectivity index (χ2v) is 5.03. The van der Waals surface area contributed by atoms with Gasteiger partial charge < -0.3 is 10.8 Å². The fraction of sp³-hybridized carbons (Fsp3) is 0.294. The quantitative estimate of drug-likeness (QED) is 0.809. The van der Waals surface area contributed by atoms with Gasteiger partial charge in [-0.3, -0.25) is 4.90 Å². The zero-order valence-electron chi connectivity index (χ0n) is 11.7. The number of hydrogen-bond acceptors (Lipinski definition) is 3. The third-order valence-electron chi connectivity index (χ3n) is 3.24. The molecular weight excluding hydrogens is 248 g/mol. The van der Waals surface area contributed by atoms with Crippen molar-refractivity contribution in [1.82, 2.24) is 4.90 Å². The molecule has 0 heterocycles. The van der Waals surface area contributed by atoms with E-state index in [0.717, 1.165) is 13.1 Å². The maximum atomic E-state index is 9.82. The number of hydrogen-bond donors (Lipinski definition) is 2. The van der Waals surface area contributed by atoms with Crippen LogP contribution in [0.15, 0.2) is 60.7 Å². The molecule has 106 valence electrons. The van der Waals surface area contributed by atoms with Crippen molar-refractivity contribution in [2.45, 2.75) is 19.2 Å². The first-order valence-corrected chi connectivity index (χ1v) is 6.96. The summed E-state index contributed by atoms with van der Waals surface area (Å²) < 4.78 is 0. The topological polar surface area (TPSA) is 49.5 Å². The summed E-state index contributed by atoms with van der Waals surface area (Å²) in [5.74, 6) is 0. The minimum absolute atomic E-state index is 0.292. The molecule has 0 fully saturated rings. The molecule has 0 amide bonds. The van der Waals surface area contributed by atoms with Gasteiger partial charge in [-0.2, -0.15) is 0 Å². The maximum Gasteiger partial charge on any atom is 0.0789 e. The molecule has 1 atom stereocenters. The lowest BCUT2D eigenvalue weighted by atomic mass is 10.1. The predicted molar refractivity (Wildman–Crippen MR) is 82.1 cm³/mol. The normalized spacial score (nSPS) is 12.6. The Morgan fingerprint density at radius 2 is 1.30 bits per heavy atom. The number of nitrogens with zero attached hydrogens (tertiary/aromatic N) is 1. The highest BCUT2D eigenvalue weighted by Gasteiger charge is 2.11. The molecule has 0 saturated heterocycles. The molecule has 0 aromatic heterocycles. The molecule has 0 spiro atoms. The molecule has 3 N–H and O–H groups in total. The second-order valence-electron chi connectivity index (χ2n) is 5.03. The first-order chi connectivity index (χ1) is 9.78. The number of benzene rings is 2. The van der Waals surface area contributed by atoms with Crippen molar-refractivity contribution in [3.05, 3.63) is 71.8 Å². The van der Waals surface area contributed by atoms with Gasteiger partial charge in [-0.1, -0.05) is 60.7 Å². The van der Waals surface area contributed by atoms with Crippen LogP contribution < -0.4 is 5.73 Å². The molecule has 3 nitrogen and oxygen atoms in total. The van der Waals surface area contributed by atoms with Crippen LogP contribution in [-0.4, -0.2) is 29.2 Å². The highest BCUT2D eigenvalue weighted by molar-refractivity contribution is 5.17. The molecule has 0 saturated carbocycles. The van der Waals surface area contributed by atoms with Gasteiger partial charge in [0.2, 0.25) is 0 Å². The van der Waals surface area contributed by atoms with Crippen LogP contribution in [0.4, 0.5) is 0 Å². The lowest BCUT2D eigenvalue weighted by molar-refractivity contribution is 0.110. The molecular formula is C17H22N2O. The Labute approximate surface area is 120 Å². The Morgan fingerprint density at radius 3 is 1.70 bits per heavy atom. The second kappa shape index (κ2) is 7.80.